The van der Waals surface area contributed by atoms with Crippen molar-refractivity contribution in [2.75, 3.05) is 19.5 Å². The maximum Gasteiger partial charge on any atom is 0.269 e. The van der Waals surface area contributed by atoms with Gasteiger partial charge in [0.25, 0.3) is 5.91 Å². The minimum Gasteiger partial charge on any atom is -0.497 e. The molecule has 2 heterocycles. The summed E-state index contributed by atoms with van der Waals surface area (Å²) in [4.78, 5) is 17.5. The zero-order valence-electron chi connectivity index (χ0n) is 13.5. The molecule has 1 aromatic heterocycles. The number of carbonyl (C=O) groups excluding carboxylic acids is 1. The Labute approximate surface area is 138 Å². The minimum atomic E-state index is -0.743. The number of amides is 1. The lowest BCUT2D eigenvalue weighted by molar-refractivity contribution is -0.125. The summed E-state index contributed by atoms with van der Waals surface area (Å²) in [6.07, 6.45) is -0.431. The quantitative estimate of drug-likeness (QED) is 0.902. The van der Waals surface area contributed by atoms with Crippen LogP contribution >= 0.6 is 0 Å². The van der Waals surface area contributed by atoms with Gasteiger partial charge in [-0.05, 0) is 25.1 Å². The Morgan fingerprint density at radius 1 is 1.29 bits per heavy atom. The molecule has 0 radical (unpaired) electrons. The summed E-state index contributed by atoms with van der Waals surface area (Å²) in [5, 5.41) is 10.4. The molecule has 8 nitrogen and oxygen atoms in total. The Morgan fingerprint density at radius 3 is 2.79 bits per heavy atom. The van der Waals surface area contributed by atoms with Crippen LogP contribution < -0.4 is 14.8 Å². The summed E-state index contributed by atoms with van der Waals surface area (Å²) < 4.78 is 15.5. The van der Waals surface area contributed by atoms with Gasteiger partial charge in [-0.15, -0.1) is 0 Å². The monoisotopic (exact) mass is 331 g/mol. The Hall–Kier alpha value is -3.03. The molecule has 1 N–H and O–H groups in total. The van der Waals surface area contributed by atoms with Crippen molar-refractivity contribution in [3.8, 4) is 11.5 Å². The Morgan fingerprint density at radius 2 is 2.12 bits per heavy atom. The smallest absolute Gasteiger partial charge is 0.269 e. The summed E-state index contributed by atoms with van der Waals surface area (Å²) in [5.74, 6) is 1.90. The number of hydrogen-bond acceptors (Lipinski definition) is 7. The lowest BCUT2D eigenvalue weighted by Crippen LogP contribution is -2.28. The van der Waals surface area contributed by atoms with Crippen molar-refractivity contribution in [1.29, 1.82) is 0 Å². The predicted molar refractivity (Wildman–Crippen MR) is 85.4 cm³/mol. The SMILES string of the molecule is COc1ccc(OC)c(C2=NO[C@@H](C(=O)Nc3cc(C)on3)C2)c1. The van der Waals surface area contributed by atoms with Crippen LogP contribution in [-0.4, -0.2) is 37.1 Å². The van der Waals surface area contributed by atoms with Crippen LogP contribution in [0.15, 0.2) is 33.9 Å². The number of aryl methyl sites for hydroxylation is 1. The Bertz CT molecular complexity index is 784. The lowest BCUT2D eigenvalue weighted by atomic mass is 10.0. The number of nitrogens with one attached hydrogen (secondary N) is 1. The maximum atomic E-state index is 12.2. The first-order chi connectivity index (χ1) is 11.6. The molecule has 0 fully saturated rings. The number of methoxy groups -OCH3 is 2. The van der Waals surface area contributed by atoms with Crippen LogP contribution in [0.5, 0.6) is 11.5 Å². The van der Waals surface area contributed by atoms with Gasteiger partial charge in [-0.2, -0.15) is 0 Å². The van der Waals surface area contributed by atoms with Crippen molar-refractivity contribution >= 4 is 17.4 Å². The highest BCUT2D eigenvalue weighted by Gasteiger charge is 2.31. The number of benzene rings is 1. The van der Waals surface area contributed by atoms with Gasteiger partial charge in [0.15, 0.2) is 5.82 Å². The first kappa shape index (κ1) is 15.9. The van der Waals surface area contributed by atoms with Gasteiger partial charge in [-0.3, -0.25) is 4.79 Å². The van der Waals surface area contributed by atoms with Crippen LogP contribution in [0, 0.1) is 6.92 Å². The zero-order valence-corrected chi connectivity index (χ0v) is 13.5. The molecule has 0 aliphatic carbocycles. The van der Waals surface area contributed by atoms with E-state index in [1.807, 2.05) is 0 Å². The van der Waals surface area contributed by atoms with Gasteiger partial charge in [0, 0.05) is 18.1 Å². The van der Waals surface area contributed by atoms with E-state index in [0.29, 0.717) is 35.2 Å². The molecule has 1 aliphatic rings. The third kappa shape index (κ3) is 3.17. The Balaban J connectivity index is 1.71. The molecular weight excluding hydrogens is 314 g/mol. The number of hydrogen-bond donors (Lipinski definition) is 1. The van der Waals surface area contributed by atoms with Gasteiger partial charge in [0.05, 0.1) is 19.9 Å². The van der Waals surface area contributed by atoms with Crippen LogP contribution in [0.1, 0.15) is 17.7 Å². The van der Waals surface area contributed by atoms with Crippen molar-refractivity contribution in [3.05, 3.63) is 35.6 Å². The molecule has 24 heavy (non-hydrogen) atoms. The number of oxime groups is 1. The molecule has 0 saturated heterocycles. The van der Waals surface area contributed by atoms with Crippen molar-refractivity contribution in [2.45, 2.75) is 19.4 Å². The molecule has 3 rings (SSSR count). The Kier molecular flexibility index (Phi) is 4.37. The van der Waals surface area contributed by atoms with E-state index in [2.05, 4.69) is 15.6 Å². The van der Waals surface area contributed by atoms with Crippen molar-refractivity contribution < 1.29 is 23.6 Å². The second-order valence-electron chi connectivity index (χ2n) is 5.21. The average molecular weight is 331 g/mol. The highest BCUT2D eigenvalue weighted by atomic mass is 16.6. The van der Waals surface area contributed by atoms with E-state index in [4.69, 9.17) is 18.8 Å². The van der Waals surface area contributed by atoms with Gasteiger partial charge < -0.3 is 24.2 Å². The van der Waals surface area contributed by atoms with Crippen LogP contribution in [0.25, 0.3) is 0 Å². The standard InChI is InChI=1S/C16H17N3O5/c1-9-6-15(19-23-9)17-16(20)14-8-12(18-24-14)11-7-10(21-2)4-5-13(11)22-3/h4-7,14H,8H2,1-3H3,(H,17,19,20)/t14-/m1/s1. The van der Waals surface area contributed by atoms with Gasteiger partial charge in [0.2, 0.25) is 6.10 Å². The average Bonchev–Trinajstić information content (AvgIpc) is 3.23. The van der Waals surface area contributed by atoms with E-state index in [9.17, 15) is 4.79 Å². The number of rotatable bonds is 5. The molecule has 1 atom stereocenters. The van der Waals surface area contributed by atoms with E-state index in [-0.39, 0.29) is 5.91 Å². The van der Waals surface area contributed by atoms with E-state index < -0.39 is 6.10 Å². The molecule has 0 spiro atoms. The summed E-state index contributed by atoms with van der Waals surface area (Å²) in [6, 6.07) is 6.99. The van der Waals surface area contributed by atoms with Crippen LogP contribution in [0.4, 0.5) is 5.82 Å². The first-order valence-corrected chi connectivity index (χ1v) is 7.30. The third-order valence-electron chi connectivity index (χ3n) is 3.56. The van der Waals surface area contributed by atoms with E-state index >= 15 is 0 Å². The molecule has 1 aliphatic heterocycles. The predicted octanol–water partition coefficient (Wildman–Crippen LogP) is 2.13. The molecule has 1 aromatic carbocycles. The molecule has 2 aromatic rings. The number of nitrogens with zero attached hydrogens (tertiary/aromatic N) is 2. The molecule has 8 heteroatoms. The molecule has 1 amide bonds. The van der Waals surface area contributed by atoms with Crippen LogP contribution in [0.2, 0.25) is 0 Å². The van der Waals surface area contributed by atoms with Crippen LogP contribution in [0.3, 0.4) is 0 Å². The molecular formula is C16H17N3O5. The summed E-state index contributed by atoms with van der Waals surface area (Å²) >= 11 is 0. The minimum absolute atomic E-state index is 0.312. The normalized spacial score (nSPS) is 16.3. The van der Waals surface area contributed by atoms with Crippen molar-refractivity contribution in [2.24, 2.45) is 5.16 Å². The molecule has 0 bridgehead atoms. The zero-order chi connectivity index (χ0) is 17.1. The fraction of sp³-hybridized carbons (Fsp3) is 0.312. The van der Waals surface area contributed by atoms with Gasteiger partial charge >= 0.3 is 0 Å². The second-order valence-corrected chi connectivity index (χ2v) is 5.21. The summed E-state index contributed by atoms with van der Waals surface area (Å²) in [5.41, 5.74) is 1.34. The molecule has 0 unspecified atom stereocenters. The maximum absolute atomic E-state index is 12.2. The summed E-state index contributed by atoms with van der Waals surface area (Å²) in [7, 11) is 3.15. The number of aromatic nitrogens is 1. The van der Waals surface area contributed by atoms with Crippen LogP contribution in [-0.2, 0) is 9.63 Å². The van der Waals surface area contributed by atoms with E-state index in [1.54, 1.807) is 45.4 Å². The first-order valence-electron chi connectivity index (χ1n) is 7.30. The van der Waals surface area contributed by atoms with Gasteiger partial charge in [-0.25, -0.2) is 0 Å². The second kappa shape index (κ2) is 6.61. The number of carbonyl (C=O) groups is 1. The largest absolute Gasteiger partial charge is 0.497 e. The van der Waals surface area contributed by atoms with E-state index in [0.717, 1.165) is 5.56 Å². The van der Waals surface area contributed by atoms with Gasteiger partial charge in [0.1, 0.15) is 17.3 Å². The highest BCUT2D eigenvalue weighted by Crippen LogP contribution is 2.28. The van der Waals surface area contributed by atoms with Crippen molar-refractivity contribution in [1.82, 2.24) is 5.16 Å². The third-order valence-corrected chi connectivity index (χ3v) is 3.56. The number of ether oxygens (including phenoxy) is 2. The van der Waals surface area contributed by atoms with Crippen molar-refractivity contribution in [3.63, 3.8) is 0 Å². The van der Waals surface area contributed by atoms with E-state index in [1.165, 1.54) is 0 Å². The molecule has 126 valence electrons. The topological polar surface area (TPSA) is 95.2 Å². The fourth-order valence-electron chi connectivity index (χ4n) is 2.35. The van der Waals surface area contributed by atoms with Gasteiger partial charge in [-0.1, -0.05) is 10.3 Å². The number of anilines is 1. The molecule has 0 saturated carbocycles. The fourth-order valence-corrected chi connectivity index (χ4v) is 2.35. The highest BCUT2D eigenvalue weighted by molar-refractivity contribution is 6.07. The summed E-state index contributed by atoms with van der Waals surface area (Å²) in [6.45, 7) is 1.74. The lowest BCUT2D eigenvalue weighted by Gasteiger charge is -2.10.